The second-order valence-corrected chi connectivity index (χ2v) is 9.98. The van der Waals surface area contributed by atoms with Gasteiger partial charge in [0.2, 0.25) is 5.69 Å². The summed E-state index contributed by atoms with van der Waals surface area (Å²) < 4.78 is 4.47. The summed E-state index contributed by atoms with van der Waals surface area (Å²) >= 11 is 0. The Labute approximate surface area is 230 Å². The minimum Gasteiger partial charge on any atom is -0.309 e. The van der Waals surface area contributed by atoms with Crippen LogP contribution in [-0.2, 0) is 0 Å². The molecule has 0 bridgehead atoms. The molecule has 0 saturated carbocycles. The van der Waals surface area contributed by atoms with Gasteiger partial charge in [-0.25, -0.2) is 4.85 Å². The molecule has 2 heterocycles. The lowest BCUT2D eigenvalue weighted by molar-refractivity contribution is 1.16. The Morgan fingerprint density at radius 2 is 1.23 bits per heavy atom. The number of hydrogen-bond acceptors (Lipinski definition) is 1. The highest BCUT2D eigenvalue weighted by molar-refractivity contribution is 6.22. The highest BCUT2D eigenvalue weighted by Gasteiger charge is 2.20. The van der Waals surface area contributed by atoms with Crippen LogP contribution in [0.25, 0.3) is 70.6 Å². The average Bonchev–Trinajstić information content (AvgIpc) is 3.53. The van der Waals surface area contributed by atoms with Crippen molar-refractivity contribution >= 4 is 60.1 Å². The Morgan fingerprint density at radius 3 is 1.95 bits per heavy atom. The van der Waals surface area contributed by atoms with Gasteiger partial charge in [-0.05, 0) is 53.2 Å². The number of nitrogens with zero attached hydrogens (tertiary/aromatic N) is 4. The summed E-state index contributed by atoms with van der Waals surface area (Å²) in [7, 11) is 0. The van der Waals surface area contributed by atoms with Gasteiger partial charge in [0.05, 0.1) is 46.0 Å². The minimum absolute atomic E-state index is 0.359. The fraction of sp³-hybridized carbons (Fsp3) is 0. The van der Waals surface area contributed by atoms with Gasteiger partial charge in [-0.1, -0.05) is 78.9 Å². The van der Waals surface area contributed by atoms with E-state index in [2.05, 4.69) is 123 Å². The normalized spacial score (nSPS) is 11.4. The second kappa shape index (κ2) is 8.33. The molecule has 0 aliphatic carbocycles. The molecule has 0 saturated heterocycles. The standard InChI is InChI=1S/C36H20N4/c1-38-30-13-8-16-33(29(30)22-37)40-34-20-18-24(21-28(34)36-25-10-3-2-9-23(25)17-19-35(36)40)39-31-14-6-4-11-26(31)27-12-5-7-15-32(27)39/h2-21H. The van der Waals surface area contributed by atoms with Gasteiger partial charge < -0.3 is 9.13 Å². The van der Waals surface area contributed by atoms with Crippen molar-refractivity contribution in [3.63, 3.8) is 0 Å². The van der Waals surface area contributed by atoms with E-state index in [1.165, 1.54) is 10.8 Å². The first-order valence-corrected chi connectivity index (χ1v) is 13.1. The lowest BCUT2D eigenvalue weighted by atomic mass is 10.0. The molecule has 6 aromatic carbocycles. The highest BCUT2D eigenvalue weighted by atomic mass is 15.0. The van der Waals surface area contributed by atoms with Crippen LogP contribution >= 0.6 is 0 Å². The molecule has 4 heteroatoms. The monoisotopic (exact) mass is 508 g/mol. The number of para-hydroxylation sites is 2. The van der Waals surface area contributed by atoms with Crippen molar-refractivity contribution in [2.75, 3.05) is 0 Å². The molecule has 0 aliphatic heterocycles. The largest absolute Gasteiger partial charge is 0.309 e. The molecule has 4 nitrogen and oxygen atoms in total. The molecule has 2 aromatic heterocycles. The van der Waals surface area contributed by atoms with Crippen molar-refractivity contribution in [3.8, 4) is 17.4 Å². The van der Waals surface area contributed by atoms with E-state index < -0.39 is 0 Å². The summed E-state index contributed by atoms with van der Waals surface area (Å²) in [6.45, 7) is 7.65. The maximum Gasteiger partial charge on any atom is 0.206 e. The Hall–Kier alpha value is -5.84. The Kier molecular flexibility index (Phi) is 4.62. The Balaban J connectivity index is 1.55. The summed E-state index contributed by atoms with van der Waals surface area (Å²) in [5.74, 6) is 0. The average molecular weight is 509 g/mol. The molecule has 0 spiro atoms. The van der Waals surface area contributed by atoms with E-state index in [9.17, 15) is 5.26 Å². The predicted octanol–water partition coefficient (Wildman–Crippen LogP) is 9.46. The van der Waals surface area contributed by atoms with Crippen LogP contribution in [-0.4, -0.2) is 9.13 Å². The molecule has 0 amide bonds. The molecular weight excluding hydrogens is 488 g/mol. The van der Waals surface area contributed by atoms with Gasteiger partial charge in [-0.3, -0.25) is 0 Å². The van der Waals surface area contributed by atoms with Gasteiger partial charge in [0.15, 0.2) is 0 Å². The van der Waals surface area contributed by atoms with Crippen molar-refractivity contribution in [3.05, 3.63) is 138 Å². The molecule has 0 fully saturated rings. The molecular formula is C36H20N4. The van der Waals surface area contributed by atoms with Crippen LogP contribution < -0.4 is 0 Å². The molecule has 40 heavy (non-hydrogen) atoms. The molecule has 8 aromatic rings. The second-order valence-electron chi connectivity index (χ2n) is 9.98. The minimum atomic E-state index is 0.359. The van der Waals surface area contributed by atoms with Crippen LogP contribution in [0.3, 0.4) is 0 Å². The third-order valence-corrected chi connectivity index (χ3v) is 7.97. The van der Waals surface area contributed by atoms with E-state index in [0.29, 0.717) is 11.3 Å². The number of fused-ring (bicyclic) bond motifs is 8. The van der Waals surface area contributed by atoms with E-state index in [1.54, 1.807) is 6.07 Å². The quantitative estimate of drug-likeness (QED) is 0.214. The zero-order chi connectivity index (χ0) is 26.8. The first-order valence-electron chi connectivity index (χ1n) is 13.1. The fourth-order valence-corrected chi connectivity index (χ4v) is 6.30. The number of hydrogen-bond donors (Lipinski definition) is 0. The summed E-state index contributed by atoms with van der Waals surface area (Å²) in [6.07, 6.45) is 0. The lowest BCUT2D eigenvalue weighted by Gasteiger charge is -2.12. The number of rotatable bonds is 2. The molecule has 0 radical (unpaired) electrons. The van der Waals surface area contributed by atoms with Gasteiger partial charge in [0.1, 0.15) is 0 Å². The Morgan fingerprint density at radius 1 is 0.575 bits per heavy atom. The van der Waals surface area contributed by atoms with Crippen LogP contribution in [0.1, 0.15) is 5.56 Å². The van der Waals surface area contributed by atoms with Crippen molar-refractivity contribution in [1.29, 1.82) is 5.26 Å². The molecule has 8 rings (SSSR count). The zero-order valence-electron chi connectivity index (χ0n) is 21.3. The van der Waals surface area contributed by atoms with E-state index in [1.807, 2.05) is 12.1 Å². The summed E-state index contributed by atoms with van der Waals surface area (Å²) in [5.41, 5.74) is 6.86. The topological polar surface area (TPSA) is 38.0 Å². The van der Waals surface area contributed by atoms with E-state index in [4.69, 9.17) is 6.57 Å². The van der Waals surface area contributed by atoms with Crippen molar-refractivity contribution in [2.24, 2.45) is 0 Å². The van der Waals surface area contributed by atoms with Gasteiger partial charge in [-0.15, -0.1) is 0 Å². The summed E-state index contributed by atoms with van der Waals surface area (Å²) in [6, 6.07) is 44.1. The van der Waals surface area contributed by atoms with E-state index in [0.717, 1.165) is 55.0 Å². The van der Waals surface area contributed by atoms with Crippen molar-refractivity contribution in [1.82, 2.24) is 9.13 Å². The van der Waals surface area contributed by atoms with Gasteiger partial charge in [0, 0.05) is 27.2 Å². The fourth-order valence-electron chi connectivity index (χ4n) is 6.30. The lowest BCUT2D eigenvalue weighted by Crippen LogP contribution is -1.98. The smallest absolute Gasteiger partial charge is 0.206 e. The highest BCUT2D eigenvalue weighted by Crippen LogP contribution is 2.40. The maximum absolute atomic E-state index is 10.1. The summed E-state index contributed by atoms with van der Waals surface area (Å²) in [5, 5.41) is 17.1. The number of benzene rings is 6. The SMILES string of the molecule is [C-]#[N+]c1cccc(-n2c3ccc(-n4c5ccccc5c5ccccc54)cc3c3c4ccccc4ccc32)c1C#N. The van der Waals surface area contributed by atoms with Gasteiger partial charge >= 0.3 is 0 Å². The van der Waals surface area contributed by atoms with Crippen LogP contribution in [0.4, 0.5) is 5.69 Å². The third-order valence-electron chi connectivity index (χ3n) is 7.97. The number of nitriles is 1. The first kappa shape index (κ1) is 22.2. The van der Waals surface area contributed by atoms with Crippen molar-refractivity contribution in [2.45, 2.75) is 0 Å². The molecule has 0 unspecified atom stereocenters. The number of aromatic nitrogens is 2. The molecule has 0 N–H and O–H groups in total. The third kappa shape index (κ3) is 2.93. The zero-order valence-corrected chi connectivity index (χ0v) is 21.3. The predicted molar refractivity (Wildman–Crippen MR) is 164 cm³/mol. The van der Waals surface area contributed by atoms with E-state index in [-0.39, 0.29) is 0 Å². The van der Waals surface area contributed by atoms with Crippen LogP contribution in [0.2, 0.25) is 0 Å². The van der Waals surface area contributed by atoms with Gasteiger partial charge in [0.25, 0.3) is 0 Å². The van der Waals surface area contributed by atoms with Crippen LogP contribution in [0.15, 0.2) is 121 Å². The summed E-state index contributed by atoms with van der Waals surface area (Å²) in [4.78, 5) is 3.64. The molecule has 0 aliphatic rings. The molecule has 184 valence electrons. The first-order chi connectivity index (χ1) is 19.8. The van der Waals surface area contributed by atoms with E-state index >= 15 is 0 Å². The van der Waals surface area contributed by atoms with Crippen LogP contribution in [0, 0.1) is 17.9 Å². The van der Waals surface area contributed by atoms with Gasteiger partial charge in [-0.2, -0.15) is 5.26 Å². The Bertz CT molecular complexity index is 2350. The molecule has 0 atom stereocenters. The maximum atomic E-state index is 10.1. The van der Waals surface area contributed by atoms with Crippen molar-refractivity contribution < 1.29 is 0 Å². The van der Waals surface area contributed by atoms with Crippen LogP contribution in [0.5, 0.6) is 0 Å².